The lowest BCUT2D eigenvalue weighted by Gasteiger charge is -2.08. The molecule has 1 N–H and O–H groups in total. The number of rotatable bonds is 3. The van der Waals surface area contributed by atoms with Gasteiger partial charge in [-0.15, -0.1) is 0 Å². The number of halogens is 2. The zero-order valence-corrected chi connectivity index (χ0v) is 9.50. The summed E-state index contributed by atoms with van der Waals surface area (Å²) in [6, 6.07) is 5.72. The zero-order valence-electron chi connectivity index (χ0n) is 9.50. The second-order valence-corrected chi connectivity index (χ2v) is 4.06. The third-order valence-corrected chi connectivity index (χ3v) is 2.69. The third-order valence-electron chi connectivity index (χ3n) is 2.69. The van der Waals surface area contributed by atoms with Crippen LogP contribution < -0.4 is 4.74 Å². The molecule has 2 aliphatic rings. The van der Waals surface area contributed by atoms with Crippen molar-refractivity contribution in [3.05, 3.63) is 29.8 Å². The maximum atomic E-state index is 11.7. The molecular weight excluding hydrogens is 244 g/mol. The molecule has 0 spiro atoms. The average Bonchev–Trinajstić information content (AvgIpc) is 2.89. The Labute approximate surface area is 103 Å². The van der Waals surface area contributed by atoms with Crippen LogP contribution in [0.25, 0.3) is 0 Å². The van der Waals surface area contributed by atoms with Crippen LogP contribution in [-0.2, 0) is 4.74 Å². The maximum absolute atomic E-state index is 11.7. The minimum atomic E-state index is -2.82. The summed E-state index contributed by atoms with van der Waals surface area (Å²) in [5, 5.41) is 10.9. The fourth-order valence-corrected chi connectivity index (χ4v) is 1.53. The van der Waals surface area contributed by atoms with Crippen molar-refractivity contribution in [2.45, 2.75) is 19.1 Å². The van der Waals surface area contributed by atoms with Gasteiger partial charge < -0.3 is 14.7 Å². The Kier molecular flexibility index (Phi) is 4.09. The van der Waals surface area contributed by atoms with Crippen molar-refractivity contribution < 1.29 is 23.5 Å². The van der Waals surface area contributed by atoms with E-state index in [4.69, 9.17) is 9.94 Å². The van der Waals surface area contributed by atoms with Crippen molar-refractivity contribution in [2.75, 3.05) is 6.61 Å². The van der Waals surface area contributed by atoms with E-state index in [-0.39, 0.29) is 5.75 Å². The lowest BCUT2D eigenvalue weighted by molar-refractivity contribution is -0.0498. The van der Waals surface area contributed by atoms with E-state index in [1.54, 1.807) is 0 Å². The maximum Gasteiger partial charge on any atom is 0.387 e. The number of ether oxygens (including phenoxy) is 2. The largest absolute Gasteiger partial charge is 0.435 e. The van der Waals surface area contributed by atoms with Gasteiger partial charge in [-0.05, 0) is 36.2 Å². The molecule has 1 aromatic carbocycles. The van der Waals surface area contributed by atoms with Gasteiger partial charge >= 0.3 is 6.61 Å². The number of oxime groups is 1. The van der Waals surface area contributed by atoms with Gasteiger partial charge in [0.2, 0.25) is 0 Å². The molecule has 0 radical (unpaired) electrons. The number of hydrogen-bond donors (Lipinski definition) is 1. The molecule has 1 aliphatic heterocycles. The molecule has 1 heterocycles. The van der Waals surface area contributed by atoms with Gasteiger partial charge in [0.15, 0.2) is 0 Å². The van der Waals surface area contributed by atoms with E-state index in [0.717, 1.165) is 18.6 Å². The molecule has 4 nitrogen and oxygen atoms in total. The highest BCUT2D eigenvalue weighted by molar-refractivity contribution is 5.79. The first-order valence-electron chi connectivity index (χ1n) is 5.53. The molecule has 0 bridgehead atoms. The predicted octanol–water partition coefficient (Wildman–Crippen LogP) is 2.50. The lowest BCUT2D eigenvalue weighted by atomic mass is 10.2. The molecule has 98 valence electrons. The summed E-state index contributed by atoms with van der Waals surface area (Å²) in [7, 11) is 0. The van der Waals surface area contributed by atoms with Crippen LogP contribution in [0.4, 0.5) is 8.78 Å². The Morgan fingerprint density at radius 1 is 1.39 bits per heavy atom. The monoisotopic (exact) mass is 257 g/mol. The fraction of sp³-hybridized carbons (Fsp3) is 0.417. The van der Waals surface area contributed by atoms with Crippen molar-refractivity contribution >= 4 is 6.21 Å². The molecule has 2 unspecified atom stereocenters. The highest BCUT2D eigenvalue weighted by atomic mass is 19.3. The van der Waals surface area contributed by atoms with E-state index in [9.17, 15) is 8.78 Å². The van der Waals surface area contributed by atoms with E-state index < -0.39 is 6.61 Å². The molecule has 2 fully saturated rings. The minimum absolute atomic E-state index is 0.0742. The fourth-order valence-electron chi connectivity index (χ4n) is 1.53. The number of benzene rings is 1. The van der Waals surface area contributed by atoms with Crippen LogP contribution in [0.15, 0.2) is 29.4 Å². The van der Waals surface area contributed by atoms with Crippen LogP contribution in [-0.4, -0.2) is 30.7 Å². The van der Waals surface area contributed by atoms with E-state index in [0.29, 0.717) is 5.56 Å². The van der Waals surface area contributed by atoms with Gasteiger partial charge in [0.1, 0.15) is 5.75 Å². The first-order valence-corrected chi connectivity index (χ1v) is 5.53. The van der Waals surface area contributed by atoms with Gasteiger partial charge in [-0.1, -0.05) is 5.16 Å². The van der Waals surface area contributed by atoms with Crippen LogP contribution in [0.3, 0.4) is 0 Å². The van der Waals surface area contributed by atoms with Gasteiger partial charge in [-0.3, -0.25) is 0 Å². The quantitative estimate of drug-likeness (QED) is 0.514. The normalized spacial score (nSPS) is 23.9. The van der Waals surface area contributed by atoms with Crippen LogP contribution in [0.1, 0.15) is 12.0 Å². The van der Waals surface area contributed by atoms with E-state index in [1.165, 1.54) is 36.9 Å². The number of alkyl halides is 2. The molecular formula is C12H13F2NO3. The SMILES string of the molecule is C1OC2CC12.ON=Cc1ccc(OC(F)F)cc1. The highest BCUT2D eigenvalue weighted by Crippen LogP contribution is 2.42. The second-order valence-electron chi connectivity index (χ2n) is 4.06. The van der Waals surface area contributed by atoms with Gasteiger partial charge in [0, 0.05) is 5.92 Å². The first-order chi connectivity index (χ1) is 8.69. The van der Waals surface area contributed by atoms with Crippen molar-refractivity contribution in [3.63, 3.8) is 0 Å². The number of fused-ring (bicyclic) bond motifs is 1. The third kappa shape index (κ3) is 3.66. The molecule has 6 heteroatoms. The molecule has 18 heavy (non-hydrogen) atoms. The molecule has 2 atom stereocenters. The van der Waals surface area contributed by atoms with Gasteiger partial charge in [-0.25, -0.2) is 0 Å². The standard InChI is InChI=1S/C8H7F2NO2.C4H6O/c9-8(10)13-7-3-1-6(2-4-7)5-11-12;1-3-2-5-4(1)3/h1-5,8,12H;3-4H,1-2H2. The van der Waals surface area contributed by atoms with Crippen molar-refractivity contribution in [3.8, 4) is 5.75 Å². The average molecular weight is 257 g/mol. The van der Waals surface area contributed by atoms with Crippen molar-refractivity contribution in [1.82, 2.24) is 0 Å². The predicted molar refractivity (Wildman–Crippen MR) is 60.3 cm³/mol. The highest BCUT2D eigenvalue weighted by Gasteiger charge is 2.46. The molecule has 3 rings (SSSR count). The van der Waals surface area contributed by atoms with Crippen LogP contribution in [0.2, 0.25) is 0 Å². The second kappa shape index (κ2) is 5.77. The Balaban J connectivity index is 0.000000194. The summed E-state index contributed by atoms with van der Waals surface area (Å²) in [5.41, 5.74) is 0.601. The minimum Gasteiger partial charge on any atom is -0.435 e. The van der Waals surface area contributed by atoms with Crippen LogP contribution in [0, 0.1) is 5.92 Å². The molecule has 0 aromatic heterocycles. The first kappa shape index (κ1) is 12.8. The van der Waals surface area contributed by atoms with Crippen LogP contribution in [0.5, 0.6) is 5.75 Å². The van der Waals surface area contributed by atoms with E-state index in [2.05, 4.69) is 9.89 Å². The Morgan fingerprint density at radius 2 is 2.06 bits per heavy atom. The van der Waals surface area contributed by atoms with E-state index >= 15 is 0 Å². The number of nitrogens with zero attached hydrogens (tertiary/aromatic N) is 1. The lowest BCUT2D eigenvalue weighted by Crippen LogP contribution is -2.12. The number of hydrogen-bond acceptors (Lipinski definition) is 4. The Bertz CT molecular complexity index is 396. The Morgan fingerprint density at radius 3 is 2.39 bits per heavy atom. The van der Waals surface area contributed by atoms with Crippen molar-refractivity contribution in [2.24, 2.45) is 11.1 Å². The van der Waals surface area contributed by atoms with Gasteiger partial charge in [0.05, 0.1) is 18.9 Å². The van der Waals surface area contributed by atoms with E-state index in [1.807, 2.05) is 0 Å². The summed E-state index contributed by atoms with van der Waals surface area (Å²) in [4.78, 5) is 0. The van der Waals surface area contributed by atoms with Crippen molar-refractivity contribution in [1.29, 1.82) is 0 Å². The summed E-state index contributed by atoms with van der Waals surface area (Å²) in [6.07, 6.45) is 3.28. The molecule has 1 saturated carbocycles. The molecule has 1 aromatic rings. The summed E-state index contributed by atoms with van der Waals surface area (Å²) >= 11 is 0. The Hall–Kier alpha value is -1.69. The molecule has 1 saturated heterocycles. The summed E-state index contributed by atoms with van der Waals surface area (Å²) in [5.74, 6) is 1.08. The molecule has 1 aliphatic carbocycles. The summed E-state index contributed by atoms with van der Waals surface area (Å²) in [6.45, 7) is -1.76. The van der Waals surface area contributed by atoms with Crippen LogP contribution >= 0.6 is 0 Å². The topological polar surface area (TPSA) is 51.0 Å². The zero-order chi connectivity index (χ0) is 13.0. The van der Waals surface area contributed by atoms with Gasteiger partial charge in [0.25, 0.3) is 0 Å². The van der Waals surface area contributed by atoms with Gasteiger partial charge in [-0.2, -0.15) is 8.78 Å². The smallest absolute Gasteiger partial charge is 0.387 e. The summed E-state index contributed by atoms with van der Waals surface area (Å²) < 4.78 is 32.5. The molecule has 0 amide bonds.